The average molecular weight is 289 g/mol. The summed E-state index contributed by atoms with van der Waals surface area (Å²) in [7, 11) is 1.94. The van der Waals surface area contributed by atoms with E-state index in [-0.39, 0.29) is 0 Å². The molecule has 0 aromatic carbocycles. The second-order valence-electron chi connectivity index (χ2n) is 5.97. The minimum Gasteiger partial charge on any atom is -0.378 e. The van der Waals surface area contributed by atoms with Gasteiger partial charge < -0.3 is 14.6 Å². The van der Waals surface area contributed by atoms with Crippen LogP contribution in [0.25, 0.3) is 0 Å². The van der Waals surface area contributed by atoms with Crippen molar-refractivity contribution in [2.24, 2.45) is 7.05 Å². The Morgan fingerprint density at radius 3 is 2.81 bits per heavy atom. The highest BCUT2D eigenvalue weighted by molar-refractivity contribution is 5.33. The van der Waals surface area contributed by atoms with Crippen LogP contribution in [0.4, 0.5) is 0 Å². The van der Waals surface area contributed by atoms with E-state index in [0.29, 0.717) is 6.10 Å². The summed E-state index contributed by atoms with van der Waals surface area (Å²) in [5.41, 5.74) is 3.10. The maximum Gasteiger partial charge on any atom is 0.120 e. The maximum absolute atomic E-state index is 9.01. The summed E-state index contributed by atoms with van der Waals surface area (Å²) >= 11 is 0. The Bertz CT molecular complexity index is 481. The Morgan fingerprint density at radius 1 is 1.38 bits per heavy atom. The van der Waals surface area contributed by atoms with Crippen LogP contribution in [-0.2, 0) is 18.3 Å². The van der Waals surface area contributed by atoms with Crippen LogP contribution in [0.15, 0.2) is 6.07 Å². The molecule has 1 aliphatic rings. The molecule has 1 aromatic rings. The Balaban J connectivity index is 1.60. The van der Waals surface area contributed by atoms with Gasteiger partial charge in [0.15, 0.2) is 0 Å². The molecule has 4 nitrogen and oxygen atoms in total. The summed E-state index contributed by atoms with van der Waals surface area (Å²) in [6, 6.07) is 4.19. The van der Waals surface area contributed by atoms with E-state index in [0.717, 1.165) is 37.5 Å². The first-order valence-corrected chi connectivity index (χ1v) is 8.10. The van der Waals surface area contributed by atoms with Gasteiger partial charge in [0, 0.05) is 25.9 Å². The van der Waals surface area contributed by atoms with E-state index < -0.39 is 0 Å². The van der Waals surface area contributed by atoms with Crippen LogP contribution in [0, 0.1) is 18.3 Å². The molecule has 116 valence electrons. The molecular weight excluding hydrogens is 262 g/mol. The lowest BCUT2D eigenvalue weighted by Crippen LogP contribution is -2.20. The van der Waals surface area contributed by atoms with E-state index in [9.17, 15) is 0 Å². The zero-order valence-corrected chi connectivity index (χ0v) is 13.3. The highest BCUT2D eigenvalue weighted by Gasteiger charge is 2.13. The molecule has 0 radical (unpaired) electrons. The Morgan fingerprint density at radius 2 is 2.14 bits per heavy atom. The third kappa shape index (κ3) is 4.59. The normalized spacial score (nSPS) is 16.0. The molecule has 2 rings (SSSR count). The number of nitrogens with zero attached hydrogens (tertiary/aromatic N) is 2. The van der Waals surface area contributed by atoms with E-state index in [1.165, 1.54) is 37.7 Å². The van der Waals surface area contributed by atoms with Crippen molar-refractivity contribution in [2.45, 2.75) is 58.1 Å². The fourth-order valence-corrected chi connectivity index (χ4v) is 2.95. The summed E-state index contributed by atoms with van der Waals surface area (Å²) in [5.74, 6) is 0. The lowest BCUT2D eigenvalue weighted by atomic mass is 9.98. The zero-order valence-electron chi connectivity index (χ0n) is 13.3. The fraction of sp³-hybridized carbons (Fsp3) is 0.706. The second kappa shape index (κ2) is 8.21. The summed E-state index contributed by atoms with van der Waals surface area (Å²) in [5, 5.41) is 12.5. The molecule has 0 saturated heterocycles. The van der Waals surface area contributed by atoms with Crippen molar-refractivity contribution < 1.29 is 4.74 Å². The van der Waals surface area contributed by atoms with E-state index >= 15 is 0 Å². The molecule has 1 heterocycles. The van der Waals surface area contributed by atoms with Crippen LogP contribution in [0.2, 0.25) is 0 Å². The minimum absolute atomic E-state index is 0.508. The van der Waals surface area contributed by atoms with Gasteiger partial charge >= 0.3 is 0 Å². The van der Waals surface area contributed by atoms with Crippen LogP contribution in [0.5, 0.6) is 0 Å². The SMILES string of the molecule is Cc1c(CNCCCOC2CCCCC2)cc(C#N)n1C. The topological polar surface area (TPSA) is 50.0 Å². The smallest absolute Gasteiger partial charge is 0.120 e. The third-order valence-electron chi connectivity index (χ3n) is 4.47. The van der Waals surface area contributed by atoms with Gasteiger partial charge in [-0.3, -0.25) is 0 Å². The van der Waals surface area contributed by atoms with Gasteiger partial charge in [0.2, 0.25) is 0 Å². The predicted octanol–water partition coefficient (Wildman–Crippen LogP) is 3.03. The lowest BCUT2D eigenvalue weighted by Gasteiger charge is -2.21. The van der Waals surface area contributed by atoms with Crippen molar-refractivity contribution >= 4 is 0 Å². The van der Waals surface area contributed by atoms with Crippen molar-refractivity contribution in [1.82, 2.24) is 9.88 Å². The number of hydrogen-bond donors (Lipinski definition) is 1. The van der Waals surface area contributed by atoms with Gasteiger partial charge in [0.1, 0.15) is 11.8 Å². The van der Waals surface area contributed by atoms with Crippen molar-refractivity contribution in [3.05, 3.63) is 23.0 Å². The standard InChI is InChI=1S/C17H27N3O/c1-14-15(11-16(12-18)20(14)2)13-19-9-6-10-21-17-7-4-3-5-8-17/h11,17,19H,3-10,13H2,1-2H3. The number of rotatable bonds is 7. The lowest BCUT2D eigenvalue weighted by molar-refractivity contribution is 0.0273. The van der Waals surface area contributed by atoms with Crippen LogP contribution in [-0.4, -0.2) is 23.8 Å². The van der Waals surface area contributed by atoms with Gasteiger partial charge in [-0.1, -0.05) is 19.3 Å². The average Bonchev–Trinajstić information content (AvgIpc) is 2.79. The number of aromatic nitrogens is 1. The molecule has 1 saturated carbocycles. The minimum atomic E-state index is 0.508. The molecule has 0 spiro atoms. The molecule has 1 aromatic heterocycles. The van der Waals surface area contributed by atoms with Crippen molar-refractivity contribution in [3.63, 3.8) is 0 Å². The molecule has 0 bridgehead atoms. The predicted molar refractivity (Wildman–Crippen MR) is 84.0 cm³/mol. The Labute approximate surface area is 128 Å². The third-order valence-corrected chi connectivity index (χ3v) is 4.47. The molecule has 1 N–H and O–H groups in total. The largest absolute Gasteiger partial charge is 0.378 e. The number of nitriles is 1. The molecule has 0 unspecified atom stereocenters. The van der Waals surface area contributed by atoms with E-state index in [4.69, 9.17) is 10.00 Å². The number of nitrogens with one attached hydrogen (secondary N) is 1. The molecule has 4 heteroatoms. The molecule has 0 amide bonds. The van der Waals surface area contributed by atoms with Crippen molar-refractivity contribution in [2.75, 3.05) is 13.2 Å². The van der Waals surface area contributed by atoms with Crippen LogP contribution in [0.1, 0.15) is 55.5 Å². The number of hydrogen-bond acceptors (Lipinski definition) is 3. The molecule has 0 aliphatic heterocycles. The van der Waals surface area contributed by atoms with Gasteiger partial charge in [0.25, 0.3) is 0 Å². The quantitative estimate of drug-likeness (QED) is 0.785. The molecule has 21 heavy (non-hydrogen) atoms. The zero-order chi connectivity index (χ0) is 15.1. The van der Waals surface area contributed by atoms with Crippen LogP contribution in [0.3, 0.4) is 0 Å². The molecule has 0 atom stereocenters. The van der Waals surface area contributed by atoms with Crippen LogP contribution < -0.4 is 5.32 Å². The first kappa shape index (κ1) is 16.1. The summed E-state index contributed by atoms with van der Waals surface area (Å²) in [4.78, 5) is 0. The van der Waals surface area contributed by atoms with Crippen LogP contribution >= 0.6 is 0 Å². The highest BCUT2D eigenvalue weighted by Crippen LogP contribution is 2.20. The molecule has 1 aliphatic carbocycles. The van der Waals surface area contributed by atoms with Crippen molar-refractivity contribution in [3.8, 4) is 6.07 Å². The first-order chi connectivity index (χ1) is 10.2. The van der Waals surface area contributed by atoms with Gasteiger partial charge in [-0.25, -0.2) is 0 Å². The molecular formula is C17H27N3O. The van der Waals surface area contributed by atoms with Crippen molar-refractivity contribution in [1.29, 1.82) is 5.26 Å². The van der Waals surface area contributed by atoms with Gasteiger partial charge in [-0.2, -0.15) is 5.26 Å². The first-order valence-electron chi connectivity index (χ1n) is 8.10. The van der Waals surface area contributed by atoms with Gasteiger partial charge in [-0.15, -0.1) is 0 Å². The number of ether oxygens (including phenoxy) is 1. The fourth-order valence-electron chi connectivity index (χ4n) is 2.95. The Hall–Kier alpha value is -1.31. The van der Waals surface area contributed by atoms with E-state index in [1.807, 2.05) is 17.7 Å². The van der Waals surface area contributed by atoms with Gasteiger partial charge in [0.05, 0.1) is 6.10 Å². The highest BCUT2D eigenvalue weighted by atomic mass is 16.5. The van der Waals surface area contributed by atoms with E-state index in [2.05, 4.69) is 18.3 Å². The monoisotopic (exact) mass is 289 g/mol. The summed E-state index contributed by atoms with van der Waals surface area (Å²) < 4.78 is 7.86. The summed E-state index contributed by atoms with van der Waals surface area (Å²) in [6.45, 7) is 4.70. The second-order valence-corrected chi connectivity index (χ2v) is 5.97. The summed E-state index contributed by atoms with van der Waals surface area (Å²) in [6.07, 6.45) is 8.08. The Kier molecular flexibility index (Phi) is 6.28. The maximum atomic E-state index is 9.01. The van der Waals surface area contributed by atoms with Gasteiger partial charge in [-0.05, 0) is 44.4 Å². The molecule has 1 fully saturated rings. The van der Waals surface area contributed by atoms with E-state index in [1.54, 1.807) is 0 Å².